The Balaban J connectivity index is 2.63. The molecule has 2 aromatic rings. The number of nitrogens with one attached hydrogen (secondary N) is 2. The zero-order valence-corrected chi connectivity index (χ0v) is 6.24. The van der Waals surface area contributed by atoms with Crippen LogP contribution < -0.4 is 5.56 Å². The van der Waals surface area contributed by atoms with Crippen LogP contribution in [0.25, 0.3) is 11.4 Å². The quantitative estimate of drug-likeness (QED) is 0.648. The normalized spacial score (nSPS) is 10.0. The van der Waals surface area contributed by atoms with Crippen LogP contribution in [0.4, 0.5) is 0 Å². The maximum Gasteiger partial charge on any atom is 0.258 e. The monoisotopic (exact) mass is 161 g/mol. The van der Waals surface area contributed by atoms with Gasteiger partial charge in [-0.3, -0.25) is 4.79 Å². The standard InChI is InChI=1S/C8H7N3O/c12-8-6(2-1-3-11-8)7-9-4-5-10-7/h1-5H,(H,9,10)(H,11,12). The maximum absolute atomic E-state index is 11.2. The van der Waals surface area contributed by atoms with Crippen LogP contribution in [-0.2, 0) is 0 Å². The molecule has 0 spiro atoms. The van der Waals surface area contributed by atoms with Crippen LogP contribution in [0.1, 0.15) is 0 Å². The molecule has 0 aromatic carbocycles. The van der Waals surface area contributed by atoms with Gasteiger partial charge >= 0.3 is 0 Å². The second-order valence-corrected chi connectivity index (χ2v) is 2.35. The van der Waals surface area contributed by atoms with Crippen molar-refractivity contribution in [3.05, 3.63) is 41.1 Å². The Morgan fingerprint density at radius 2 is 2.17 bits per heavy atom. The Labute approximate surface area is 68.3 Å². The molecule has 4 heteroatoms. The van der Waals surface area contributed by atoms with E-state index in [1.54, 1.807) is 30.7 Å². The lowest BCUT2D eigenvalue weighted by atomic mass is 10.3. The first kappa shape index (κ1) is 6.84. The largest absolute Gasteiger partial charge is 0.344 e. The minimum Gasteiger partial charge on any atom is -0.344 e. The number of rotatable bonds is 1. The third-order valence-corrected chi connectivity index (χ3v) is 1.57. The molecule has 0 radical (unpaired) electrons. The van der Waals surface area contributed by atoms with Crippen molar-refractivity contribution in [3.8, 4) is 11.4 Å². The molecule has 60 valence electrons. The predicted molar refractivity (Wildman–Crippen MR) is 44.6 cm³/mol. The zero-order chi connectivity index (χ0) is 8.39. The Morgan fingerprint density at radius 1 is 1.25 bits per heavy atom. The molecule has 0 atom stereocenters. The van der Waals surface area contributed by atoms with Gasteiger partial charge in [-0.2, -0.15) is 0 Å². The number of aromatic amines is 2. The predicted octanol–water partition coefficient (Wildman–Crippen LogP) is 0.765. The molecular formula is C8H7N3O. The zero-order valence-electron chi connectivity index (χ0n) is 6.24. The molecule has 2 N–H and O–H groups in total. The molecule has 2 aromatic heterocycles. The molecule has 12 heavy (non-hydrogen) atoms. The molecule has 0 amide bonds. The van der Waals surface area contributed by atoms with E-state index in [4.69, 9.17) is 0 Å². The Kier molecular flexibility index (Phi) is 1.51. The fourth-order valence-corrected chi connectivity index (χ4v) is 1.02. The summed E-state index contributed by atoms with van der Waals surface area (Å²) >= 11 is 0. The van der Waals surface area contributed by atoms with Crippen molar-refractivity contribution in [2.75, 3.05) is 0 Å². The lowest BCUT2D eigenvalue weighted by Gasteiger charge is -1.92. The molecule has 0 bridgehead atoms. The van der Waals surface area contributed by atoms with Gasteiger partial charge in [0.2, 0.25) is 0 Å². The van der Waals surface area contributed by atoms with E-state index in [9.17, 15) is 4.79 Å². The summed E-state index contributed by atoms with van der Waals surface area (Å²) in [6.45, 7) is 0. The van der Waals surface area contributed by atoms with E-state index in [1.165, 1.54) is 0 Å². The average Bonchev–Trinajstić information content (AvgIpc) is 2.57. The van der Waals surface area contributed by atoms with Gasteiger partial charge in [0.25, 0.3) is 5.56 Å². The van der Waals surface area contributed by atoms with Crippen molar-refractivity contribution < 1.29 is 0 Å². The van der Waals surface area contributed by atoms with Crippen LogP contribution in [0.2, 0.25) is 0 Å². The van der Waals surface area contributed by atoms with Crippen LogP contribution in [0, 0.1) is 0 Å². The highest BCUT2D eigenvalue weighted by molar-refractivity contribution is 5.52. The van der Waals surface area contributed by atoms with E-state index >= 15 is 0 Å². The summed E-state index contributed by atoms with van der Waals surface area (Å²) in [6, 6.07) is 3.48. The Bertz CT molecular complexity index is 416. The van der Waals surface area contributed by atoms with Crippen molar-refractivity contribution in [3.63, 3.8) is 0 Å². The summed E-state index contributed by atoms with van der Waals surface area (Å²) in [5.41, 5.74) is 0.426. The molecule has 4 nitrogen and oxygen atoms in total. The smallest absolute Gasteiger partial charge is 0.258 e. The molecule has 0 aliphatic rings. The lowest BCUT2D eigenvalue weighted by molar-refractivity contribution is 1.20. The Morgan fingerprint density at radius 3 is 2.83 bits per heavy atom. The molecular weight excluding hydrogens is 154 g/mol. The number of imidazole rings is 1. The third kappa shape index (κ3) is 1.03. The minimum atomic E-state index is -0.132. The summed E-state index contributed by atoms with van der Waals surface area (Å²) in [5.74, 6) is 0.594. The molecule has 0 aliphatic heterocycles. The third-order valence-electron chi connectivity index (χ3n) is 1.57. The second kappa shape index (κ2) is 2.65. The van der Waals surface area contributed by atoms with E-state index in [1.807, 2.05) is 0 Å². The number of nitrogens with zero attached hydrogens (tertiary/aromatic N) is 1. The van der Waals surface area contributed by atoms with Crippen molar-refractivity contribution in [1.29, 1.82) is 0 Å². The first-order chi connectivity index (χ1) is 5.88. The van der Waals surface area contributed by atoms with Crippen LogP contribution in [0.3, 0.4) is 0 Å². The molecule has 0 saturated heterocycles. The van der Waals surface area contributed by atoms with Crippen LogP contribution in [0.5, 0.6) is 0 Å². The molecule has 2 rings (SSSR count). The number of H-pyrrole nitrogens is 2. The van der Waals surface area contributed by atoms with Crippen LogP contribution >= 0.6 is 0 Å². The first-order valence-corrected chi connectivity index (χ1v) is 3.55. The van der Waals surface area contributed by atoms with E-state index in [0.29, 0.717) is 11.4 Å². The van der Waals surface area contributed by atoms with Crippen molar-refractivity contribution in [1.82, 2.24) is 15.0 Å². The molecule has 0 saturated carbocycles. The van der Waals surface area contributed by atoms with Gasteiger partial charge in [0, 0.05) is 18.6 Å². The summed E-state index contributed by atoms with van der Waals surface area (Å²) < 4.78 is 0. The summed E-state index contributed by atoms with van der Waals surface area (Å²) in [5, 5.41) is 0. The van der Waals surface area contributed by atoms with Gasteiger partial charge in [0.05, 0.1) is 5.56 Å². The van der Waals surface area contributed by atoms with E-state index in [0.717, 1.165) is 0 Å². The van der Waals surface area contributed by atoms with Crippen molar-refractivity contribution in [2.24, 2.45) is 0 Å². The fraction of sp³-hybridized carbons (Fsp3) is 0. The number of pyridine rings is 1. The molecule has 0 fully saturated rings. The summed E-state index contributed by atoms with van der Waals surface area (Å²) in [6.07, 6.45) is 4.89. The lowest BCUT2D eigenvalue weighted by Crippen LogP contribution is -2.07. The van der Waals surface area contributed by atoms with Crippen LogP contribution in [-0.4, -0.2) is 15.0 Å². The van der Waals surface area contributed by atoms with Gasteiger partial charge in [-0.25, -0.2) is 4.98 Å². The summed E-state index contributed by atoms with van der Waals surface area (Å²) in [4.78, 5) is 20.6. The number of aromatic nitrogens is 3. The van der Waals surface area contributed by atoms with E-state index in [2.05, 4.69) is 15.0 Å². The second-order valence-electron chi connectivity index (χ2n) is 2.35. The average molecular weight is 161 g/mol. The van der Waals surface area contributed by atoms with E-state index < -0.39 is 0 Å². The first-order valence-electron chi connectivity index (χ1n) is 3.55. The highest BCUT2D eigenvalue weighted by Crippen LogP contribution is 2.05. The SMILES string of the molecule is O=c1[nH]cccc1-c1ncc[nH]1. The van der Waals surface area contributed by atoms with Gasteiger partial charge < -0.3 is 9.97 Å². The molecule has 0 unspecified atom stereocenters. The maximum atomic E-state index is 11.2. The van der Waals surface area contributed by atoms with Gasteiger partial charge in [0.15, 0.2) is 0 Å². The highest BCUT2D eigenvalue weighted by atomic mass is 16.1. The molecule has 2 heterocycles. The van der Waals surface area contributed by atoms with Gasteiger partial charge in [-0.05, 0) is 12.1 Å². The van der Waals surface area contributed by atoms with Gasteiger partial charge in [0.1, 0.15) is 5.82 Å². The summed E-state index contributed by atoms with van der Waals surface area (Å²) in [7, 11) is 0. The number of hydrogen-bond acceptors (Lipinski definition) is 2. The molecule has 0 aliphatic carbocycles. The van der Waals surface area contributed by atoms with Crippen LogP contribution in [0.15, 0.2) is 35.5 Å². The van der Waals surface area contributed by atoms with Gasteiger partial charge in [-0.15, -0.1) is 0 Å². The Hall–Kier alpha value is -1.84. The highest BCUT2D eigenvalue weighted by Gasteiger charge is 2.02. The van der Waals surface area contributed by atoms with Crippen molar-refractivity contribution >= 4 is 0 Å². The topological polar surface area (TPSA) is 61.5 Å². The number of hydrogen-bond donors (Lipinski definition) is 2. The van der Waals surface area contributed by atoms with E-state index in [-0.39, 0.29) is 5.56 Å². The van der Waals surface area contributed by atoms with Gasteiger partial charge in [-0.1, -0.05) is 0 Å². The van der Waals surface area contributed by atoms with Crippen molar-refractivity contribution in [2.45, 2.75) is 0 Å². The fourth-order valence-electron chi connectivity index (χ4n) is 1.02. The minimum absolute atomic E-state index is 0.132.